The molecule has 0 aliphatic carbocycles. The number of hydrogen-bond donors (Lipinski definition) is 1. The maximum atomic E-state index is 13.6. The van der Waals surface area contributed by atoms with Crippen molar-refractivity contribution in [3.8, 4) is 11.5 Å². The molecule has 38 heavy (non-hydrogen) atoms. The number of carbonyl (C=O) groups is 3. The predicted molar refractivity (Wildman–Crippen MR) is 139 cm³/mol. The fourth-order valence-electron chi connectivity index (χ4n) is 4.46. The molecule has 3 aromatic rings. The topological polar surface area (TPSA) is 113 Å². The van der Waals surface area contributed by atoms with Gasteiger partial charge in [0.15, 0.2) is 11.5 Å². The average molecular weight is 521 g/mol. The van der Waals surface area contributed by atoms with Gasteiger partial charge in [-0.15, -0.1) is 0 Å². The van der Waals surface area contributed by atoms with Crippen LogP contribution in [0.2, 0.25) is 0 Å². The van der Waals surface area contributed by atoms with Gasteiger partial charge in [-0.25, -0.2) is 4.90 Å². The van der Waals surface area contributed by atoms with Crippen LogP contribution in [0.15, 0.2) is 48.5 Å². The molecule has 0 spiro atoms. The van der Waals surface area contributed by atoms with Gasteiger partial charge in [0.1, 0.15) is 13.2 Å². The second-order valence-electron chi connectivity index (χ2n) is 8.68. The number of rotatable bonds is 2. The van der Waals surface area contributed by atoms with Crippen molar-refractivity contribution in [2.24, 2.45) is 0 Å². The summed E-state index contributed by atoms with van der Waals surface area (Å²) in [7, 11) is 0. The minimum atomic E-state index is -0.470. The smallest absolute Gasteiger partial charge is 0.265 e. The van der Waals surface area contributed by atoms with Crippen LogP contribution in [-0.2, 0) is 19.0 Å². The number of fused-ring (bicyclic) bond motifs is 1. The number of nitrogens with zero attached hydrogens (tertiary/aromatic N) is 1. The van der Waals surface area contributed by atoms with E-state index in [-0.39, 0.29) is 12.5 Å². The molecule has 198 valence electrons. The lowest BCUT2D eigenvalue weighted by atomic mass is 9.92. The van der Waals surface area contributed by atoms with Crippen LogP contribution in [0.3, 0.4) is 0 Å². The molecule has 2 aliphatic rings. The Kier molecular flexibility index (Phi) is 7.83. The van der Waals surface area contributed by atoms with E-state index in [2.05, 4.69) is 5.32 Å². The fraction of sp³-hybridized carbons (Fsp3) is 0.321. The van der Waals surface area contributed by atoms with Crippen LogP contribution in [0.5, 0.6) is 11.5 Å². The van der Waals surface area contributed by atoms with E-state index in [9.17, 15) is 14.4 Å². The molecule has 10 nitrogen and oxygen atoms in total. The summed E-state index contributed by atoms with van der Waals surface area (Å²) in [5.41, 5.74) is 1.62. The van der Waals surface area contributed by atoms with E-state index in [1.807, 2.05) is 0 Å². The molecule has 3 amide bonds. The highest BCUT2D eigenvalue weighted by atomic mass is 16.6. The molecule has 0 radical (unpaired) electrons. The van der Waals surface area contributed by atoms with Crippen LogP contribution in [0.25, 0.3) is 10.8 Å². The standard InChI is InChI=1S/C28H28N2O8/c1-18(31)29-23-7-6-22-26-20(23)3-2-4-21(26)27(32)30(28(22)33)19-5-8-24-25(17-19)38-16-14-36-12-10-34-9-11-35-13-15-37-24/h2-8,17H,9-16H2,1H3,(H,29,31). The largest absolute Gasteiger partial charge is 0.487 e. The lowest BCUT2D eigenvalue weighted by Gasteiger charge is -2.28. The zero-order valence-corrected chi connectivity index (χ0v) is 21.0. The number of carbonyl (C=O) groups excluding carboxylic acids is 3. The maximum absolute atomic E-state index is 13.6. The summed E-state index contributed by atoms with van der Waals surface area (Å²) in [5, 5.41) is 3.90. The highest BCUT2D eigenvalue weighted by molar-refractivity contribution is 6.36. The molecule has 1 N–H and O–H groups in total. The summed E-state index contributed by atoms with van der Waals surface area (Å²) in [4.78, 5) is 40.0. The second-order valence-corrected chi connectivity index (χ2v) is 8.68. The lowest BCUT2D eigenvalue weighted by molar-refractivity contribution is -0.114. The van der Waals surface area contributed by atoms with Gasteiger partial charge in [0.05, 0.1) is 45.3 Å². The minimum absolute atomic E-state index is 0.242. The van der Waals surface area contributed by atoms with E-state index >= 15 is 0 Å². The third-order valence-corrected chi connectivity index (χ3v) is 6.12. The van der Waals surface area contributed by atoms with Crippen molar-refractivity contribution in [1.29, 1.82) is 0 Å². The molecule has 0 bridgehead atoms. The van der Waals surface area contributed by atoms with Gasteiger partial charge in [0.25, 0.3) is 11.8 Å². The van der Waals surface area contributed by atoms with Crippen molar-refractivity contribution < 1.29 is 38.1 Å². The van der Waals surface area contributed by atoms with E-state index in [0.717, 1.165) is 4.90 Å². The predicted octanol–water partition coefficient (Wildman–Crippen LogP) is 3.42. The Morgan fingerprint density at radius 1 is 0.737 bits per heavy atom. The number of imide groups is 1. The molecule has 5 rings (SSSR count). The summed E-state index contributed by atoms with van der Waals surface area (Å²) < 4.78 is 28.2. The number of ether oxygens (including phenoxy) is 5. The highest BCUT2D eigenvalue weighted by Gasteiger charge is 2.35. The average Bonchev–Trinajstić information content (AvgIpc) is 2.91. The minimum Gasteiger partial charge on any atom is -0.487 e. The molecular formula is C28H28N2O8. The maximum Gasteiger partial charge on any atom is 0.265 e. The zero-order valence-electron chi connectivity index (χ0n) is 21.0. The number of anilines is 2. The molecule has 10 heteroatoms. The van der Waals surface area contributed by atoms with E-state index in [4.69, 9.17) is 23.7 Å². The Labute approximate surface area is 219 Å². The summed E-state index contributed by atoms with van der Waals surface area (Å²) in [5.74, 6) is -0.343. The lowest BCUT2D eigenvalue weighted by Crippen LogP contribution is -2.40. The normalized spacial score (nSPS) is 17.0. The zero-order chi connectivity index (χ0) is 26.5. The van der Waals surface area contributed by atoms with Crippen molar-refractivity contribution in [1.82, 2.24) is 0 Å². The highest BCUT2D eigenvalue weighted by Crippen LogP contribution is 2.38. The van der Waals surface area contributed by atoms with Crippen molar-refractivity contribution in [3.05, 3.63) is 59.7 Å². The first-order valence-electron chi connectivity index (χ1n) is 12.4. The molecule has 2 heterocycles. The molecular weight excluding hydrogens is 492 g/mol. The first-order valence-corrected chi connectivity index (χ1v) is 12.4. The Morgan fingerprint density at radius 3 is 2.00 bits per heavy atom. The van der Waals surface area contributed by atoms with Crippen molar-refractivity contribution in [3.63, 3.8) is 0 Å². The first-order chi connectivity index (χ1) is 18.5. The van der Waals surface area contributed by atoms with Gasteiger partial charge < -0.3 is 29.0 Å². The molecule has 0 atom stereocenters. The van der Waals surface area contributed by atoms with Crippen LogP contribution in [0.1, 0.15) is 27.6 Å². The second kappa shape index (κ2) is 11.6. The van der Waals surface area contributed by atoms with Gasteiger partial charge in [-0.1, -0.05) is 12.1 Å². The van der Waals surface area contributed by atoms with E-state index in [1.165, 1.54) is 6.92 Å². The number of nitrogens with one attached hydrogen (secondary N) is 1. The van der Waals surface area contributed by atoms with Gasteiger partial charge in [-0.3, -0.25) is 14.4 Å². The molecule has 0 saturated heterocycles. The van der Waals surface area contributed by atoms with Crippen LogP contribution < -0.4 is 19.7 Å². The Bertz CT molecular complexity index is 1350. The molecule has 0 unspecified atom stereocenters. The summed E-state index contributed by atoms with van der Waals surface area (Å²) in [6.45, 7) is 4.45. The number of hydrogen-bond acceptors (Lipinski definition) is 8. The Hall–Kier alpha value is -3.99. The van der Waals surface area contributed by atoms with E-state index in [0.29, 0.717) is 91.0 Å². The first kappa shape index (κ1) is 25.7. The number of benzene rings is 3. The van der Waals surface area contributed by atoms with Gasteiger partial charge in [-0.2, -0.15) is 0 Å². The molecule has 0 aromatic heterocycles. The van der Waals surface area contributed by atoms with Crippen LogP contribution >= 0.6 is 0 Å². The summed E-state index contributed by atoms with van der Waals surface area (Å²) in [6.07, 6.45) is 0. The summed E-state index contributed by atoms with van der Waals surface area (Å²) in [6, 6.07) is 13.4. The Balaban J connectivity index is 1.46. The third-order valence-electron chi connectivity index (χ3n) is 6.12. The SMILES string of the molecule is CC(=O)Nc1ccc2c3c(cccc13)C(=O)N(c1ccc3c(c1)OCCOCCOCCOCCO3)C2=O. The van der Waals surface area contributed by atoms with Gasteiger partial charge in [-0.05, 0) is 30.3 Å². The third kappa shape index (κ3) is 5.33. The van der Waals surface area contributed by atoms with Crippen molar-refractivity contribution >= 4 is 39.9 Å². The molecule has 2 aliphatic heterocycles. The fourth-order valence-corrected chi connectivity index (χ4v) is 4.46. The van der Waals surface area contributed by atoms with Gasteiger partial charge in [0, 0.05) is 40.6 Å². The monoisotopic (exact) mass is 520 g/mol. The molecule has 0 fully saturated rings. The summed E-state index contributed by atoms with van der Waals surface area (Å²) >= 11 is 0. The van der Waals surface area contributed by atoms with Crippen molar-refractivity contribution in [2.75, 3.05) is 63.1 Å². The molecule has 0 saturated carbocycles. The van der Waals surface area contributed by atoms with Crippen molar-refractivity contribution in [2.45, 2.75) is 6.92 Å². The van der Waals surface area contributed by atoms with Crippen LogP contribution in [0, 0.1) is 0 Å². The van der Waals surface area contributed by atoms with Crippen LogP contribution in [-0.4, -0.2) is 70.6 Å². The number of amides is 3. The quantitative estimate of drug-likeness (QED) is 0.512. The van der Waals surface area contributed by atoms with E-state index in [1.54, 1.807) is 48.5 Å². The van der Waals surface area contributed by atoms with E-state index < -0.39 is 11.8 Å². The van der Waals surface area contributed by atoms with Gasteiger partial charge in [0.2, 0.25) is 5.91 Å². The Morgan fingerprint density at radius 2 is 1.34 bits per heavy atom. The van der Waals surface area contributed by atoms with Gasteiger partial charge >= 0.3 is 0 Å². The molecule has 3 aromatic carbocycles. The van der Waals surface area contributed by atoms with Crippen LogP contribution in [0.4, 0.5) is 11.4 Å².